The highest BCUT2D eigenvalue weighted by molar-refractivity contribution is 6.30. The van der Waals surface area contributed by atoms with Gasteiger partial charge in [-0.05, 0) is 71.4 Å². The normalized spacial score (nSPS) is 10.5. The number of anilines is 1. The van der Waals surface area contributed by atoms with Crippen molar-refractivity contribution in [3.05, 3.63) is 96.0 Å². The topological polar surface area (TPSA) is 47.6 Å². The molecule has 4 rings (SSSR count). The monoisotopic (exact) mass is 403 g/mol. The Morgan fingerprint density at radius 3 is 2.10 bits per heavy atom. The van der Waals surface area contributed by atoms with Gasteiger partial charge in [0, 0.05) is 10.7 Å². The largest absolute Gasteiger partial charge is 0.484 e. The zero-order chi connectivity index (χ0) is 20.1. The summed E-state index contributed by atoms with van der Waals surface area (Å²) in [6, 6.07) is 28.0. The Balaban J connectivity index is 1.31. The standard InChI is InChI=1S/C24H18ClNO3/c25-19-6-11-21(12-7-19)29-22-13-8-20(9-14-22)26-24(27)16-28-23-10-5-17-3-1-2-4-18(17)15-23/h1-15H,16H2,(H,26,27). The van der Waals surface area contributed by atoms with Gasteiger partial charge in [-0.3, -0.25) is 4.79 Å². The van der Waals surface area contributed by atoms with Crippen molar-refractivity contribution in [3.8, 4) is 17.2 Å². The van der Waals surface area contributed by atoms with Crippen LogP contribution in [0.2, 0.25) is 5.02 Å². The molecule has 0 atom stereocenters. The fourth-order valence-corrected chi connectivity index (χ4v) is 2.97. The molecule has 0 radical (unpaired) electrons. The van der Waals surface area contributed by atoms with Crippen LogP contribution in [0.4, 0.5) is 5.69 Å². The molecule has 5 heteroatoms. The number of carbonyl (C=O) groups is 1. The van der Waals surface area contributed by atoms with Crippen LogP contribution in [0.1, 0.15) is 0 Å². The first kappa shape index (κ1) is 18.8. The maximum atomic E-state index is 12.2. The van der Waals surface area contributed by atoms with Crippen LogP contribution in [0.5, 0.6) is 17.2 Å². The van der Waals surface area contributed by atoms with Crippen molar-refractivity contribution in [1.29, 1.82) is 0 Å². The summed E-state index contributed by atoms with van der Waals surface area (Å²) in [6.07, 6.45) is 0. The molecule has 0 aliphatic heterocycles. The number of rotatable bonds is 6. The van der Waals surface area contributed by atoms with Crippen molar-refractivity contribution in [1.82, 2.24) is 0 Å². The molecule has 0 heterocycles. The summed E-state index contributed by atoms with van der Waals surface area (Å²) in [6.45, 7) is -0.0681. The first-order valence-electron chi connectivity index (χ1n) is 9.11. The summed E-state index contributed by atoms with van der Waals surface area (Å²) in [5.41, 5.74) is 0.667. The van der Waals surface area contributed by atoms with E-state index in [0.717, 1.165) is 10.8 Å². The molecule has 0 saturated heterocycles. The predicted molar refractivity (Wildman–Crippen MR) is 116 cm³/mol. The molecule has 0 aliphatic rings. The fourth-order valence-electron chi connectivity index (χ4n) is 2.85. The van der Waals surface area contributed by atoms with Gasteiger partial charge in [0.1, 0.15) is 17.2 Å². The number of halogens is 1. The van der Waals surface area contributed by atoms with Crippen molar-refractivity contribution in [3.63, 3.8) is 0 Å². The second-order valence-electron chi connectivity index (χ2n) is 6.43. The average Bonchev–Trinajstić information content (AvgIpc) is 2.75. The first-order chi connectivity index (χ1) is 14.2. The molecule has 4 aromatic carbocycles. The smallest absolute Gasteiger partial charge is 0.262 e. The molecule has 0 spiro atoms. The van der Waals surface area contributed by atoms with E-state index in [1.54, 1.807) is 48.5 Å². The third kappa shape index (κ3) is 5.06. The van der Waals surface area contributed by atoms with E-state index in [2.05, 4.69) is 5.32 Å². The van der Waals surface area contributed by atoms with Crippen LogP contribution in [0.25, 0.3) is 10.8 Å². The zero-order valence-corrected chi connectivity index (χ0v) is 16.2. The third-order valence-electron chi connectivity index (χ3n) is 4.28. The number of benzene rings is 4. The lowest BCUT2D eigenvalue weighted by atomic mass is 10.1. The molecule has 1 amide bonds. The van der Waals surface area contributed by atoms with E-state index < -0.39 is 0 Å². The summed E-state index contributed by atoms with van der Waals surface area (Å²) in [5, 5.41) is 5.67. The highest BCUT2D eigenvalue weighted by atomic mass is 35.5. The Morgan fingerprint density at radius 1 is 0.759 bits per heavy atom. The van der Waals surface area contributed by atoms with E-state index in [1.807, 2.05) is 42.5 Å². The Bertz CT molecular complexity index is 1120. The number of carbonyl (C=O) groups excluding carboxylic acids is 1. The van der Waals surface area contributed by atoms with Crippen molar-refractivity contribution in [2.45, 2.75) is 0 Å². The highest BCUT2D eigenvalue weighted by Crippen LogP contribution is 2.24. The molecular formula is C24H18ClNO3. The van der Waals surface area contributed by atoms with Gasteiger partial charge in [-0.25, -0.2) is 0 Å². The minimum atomic E-state index is -0.232. The number of fused-ring (bicyclic) bond motifs is 1. The predicted octanol–water partition coefficient (Wildman–Crippen LogP) is 6.30. The van der Waals surface area contributed by atoms with Gasteiger partial charge in [0.15, 0.2) is 6.61 Å². The van der Waals surface area contributed by atoms with E-state index in [4.69, 9.17) is 21.1 Å². The van der Waals surface area contributed by atoms with Crippen LogP contribution in [-0.4, -0.2) is 12.5 Å². The van der Waals surface area contributed by atoms with Crippen molar-refractivity contribution >= 4 is 34.0 Å². The number of ether oxygens (including phenoxy) is 2. The lowest BCUT2D eigenvalue weighted by Gasteiger charge is -2.10. The summed E-state index contributed by atoms with van der Waals surface area (Å²) in [7, 11) is 0. The highest BCUT2D eigenvalue weighted by Gasteiger charge is 2.05. The molecule has 4 nitrogen and oxygen atoms in total. The summed E-state index contributed by atoms with van der Waals surface area (Å²) >= 11 is 5.87. The van der Waals surface area contributed by atoms with E-state index in [-0.39, 0.29) is 12.5 Å². The van der Waals surface area contributed by atoms with E-state index in [9.17, 15) is 4.79 Å². The molecule has 0 saturated carbocycles. The van der Waals surface area contributed by atoms with E-state index in [1.165, 1.54) is 0 Å². The number of amides is 1. The van der Waals surface area contributed by atoms with Crippen LogP contribution in [0.3, 0.4) is 0 Å². The summed E-state index contributed by atoms with van der Waals surface area (Å²) < 4.78 is 11.4. The van der Waals surface area contributed by atoms with Gasteiger partial charge in [-0.1, -0.05) is 41.9 Å². The van der Waals surface area contributed by atoms with Crippen LogP contribution >= 0.6 is 11.6 Å². The van der Waals surface area contributed by atoms with Gasteiger partial charge in [0.2, 0.25) is 0 Å². The molecule has 1 N–H and O–H groups in total. The molecule has 0 fully saturated rings. The second kappa shape index (κ2) is 8.67. The van der Waals surface area contributed by atoms with Gasteiger partial charge < -0.3 is 14.8 Å². The van der Waals surface area contributed by atoms with Crippen LogP contribution in [0, 0.1) is 0 Å². The quantitative estimate of drug-likeness (QED) is 0.410. The fraction of sp³-hybridized carbons (Fsp3) is 0.0417. The molecular weight excluding hydrogens is 386 g/mol. The molecule has 4 aromatic rings. The van der Waals surface area contributed by atoms with Gasteiger partial charge in [-0.2, -0.15) is 0 Å². The minimum absolute atomic E-state index is 0.0681. The molecule has 29 heavy (non-hydrogen) atoms. The Hall–Kier alpha value is -3.50. The maximum Gasteiger partial charge on any atom is 0.262 e. The number of nitrogens with one attached hydrogen (secondary N) is 1. The third-order valence-corrected chi connectivity index (χ3v) is 4.53. The van der Waals surface area contributed by atoms with Gasteiger partial charge in [0.05, 0.1) is 0 Å². The van der Waals surface area contributed by atoms with Crippen LogP contribution in [-0.2, 0) is 4.79 Å². The van der Waals surface area contributed by atoms with E-state index in [0.29, 0.717) is 28.0 Å². The molecule has 0 bridgehead atoms. The number of hydrogen-bond acceptors (Lipinski definition) is 3. The van der Waals surface area contributed by atoms with Gasteiger partial charge >= 0.3 is 0 Å². The second-order valence-corrected chi connectivity index (χ2v) is 6.86. The van der Waals surface area contributed by atoms with Crippen molar-refractivity contribution in [2.75, 3.05) is 11.9 Å². The minimum Gasteiger partial charge on any atom is -0.484 e. The van der Waals surface area contributed by atoms with Crippen LogP contribution in [0.15, 0.2) is 91.0 Å². The first-order valence-corrected chi connectivity index (χ1v) is 9.48. The SMILES string of the molecule is O=C(COc1ccc2ccccc2c1)Nc1ccc(Oc2ccc(Cl)cc2)cc1. The van der Waals surface area contributed by atoms with Gasteiger partial charge in [-0.15, -0.1) is 0 Å². The summed E-state index contributed by atoms with van der Waals surface area (Å²) in [5.74, 6) is 1.78. The number of hydrogen-bond donors (Lipinski definition) is 1. The zero-order valence-electron chi connectivity index (χ0n) is 15.5. The lowest BCUT2D eigenvalue weighted by Crippen LogP contribution is -2.20. The van der Waals surface area contributed by atoms with Crippen molar-refractivity contribution < 1.29 is 14.3 Å². The molecule has 144 valence electrons. The van der Waals surface area contributed by atoms with Crippen molar-refractivity contribution in [2.24, 2.45) is 0 Å². The van der Waals surface area contributed by atoms with Crippen LogP contribution < -0.4 is 14.8 Å². The lowest BCUT2D eigenvalue weighted by molar-refractivity contribution is -0.118. The summed E-state index contributed by atoms with van der Waals surface area (Å²) in [4.78, 5) is 12.2. The molecule has 0 aliphatic carbocycles. The van der Waals surface area contributed by atoms with E-state index >= 15 is 0 Å². The molecule has 0 unspecified atom stereocenters. The maximum absolute atomic E-state index is 12.2. The average molecular weight is 404 g/mol. The molecule has 0 aromatic heterocycles. The Morgan fingerprint density at radius 2 is 1.38 bits per heavy atom. The Labute approximate surface area is 173 Å². The van der Waals surface area contributed by atoms with Gasteiger partial charge in [0.25, 0.3) is 5.91 Å². The Kier molecular flexibility index (Phi) is 5.63.